The molecule has 1 fully saturated rings. The van der Waals surface area contributed by atoms with E-state index in [1.54, 1.807) is 5.57 Å². The number of esters is 1. The lowest BCUT2D eigenvalue weighted by atomic mass is 9.58. The fourth-order valence-corrected chi connectivity index (χ4v) is 6.31. The van der Waals surface area contributed by atoms with Crippen LogP contribution in [0.15, 0.2) is 35.4 Å². The number of fused-ring (bicyclic) bond motifs is 3. The molecule has 5 rings (SSSR count). The van der Waals surface area contributed by atoms with Gasteiger partial charge < -0.3 is 14.6 Å². The molecule has 3 atom stereocenters. The zero-order valence-corrected chi connectivity index (χ0v) is 21.8. The first kappa shape index (κ1) is 25.0. The molecule has 2 aromatic rings. The van der Waals surface area contributed by atoms with Crippen molar-refractivity contribution in [2.45, 2.75) is 84.7 Å². The summed E-state index contributed by atoms with van der Waals surface area (Å²) in [6, 6.07) is 8.21. The maximum atomic E-state index is 12.8. The molecule has 0 radical (unpaired) electrons. The van der Waals surface area contributed by atoms with Crippen LogP contribution >= 0.6 is 0 Å². The number of imidazole rings is 1. The molecule has 5 nitrogen and oxygen atoms in total. The van der Waals surface area contributed by atoms with Crippen molar-refractivity contribution >= 4 is 17.0 Å². The summed E-state index contributed by atoms with van der Waals surface area (Å²) in [4.78, 5) is 23.3. The summed E-state index contributed by atoms with van der Waals surface area (Å²) < 4.78 is 6.41. The number of hydrogen-bond donors (Lipinski definition) is 1. The normalized spacial score (nSPS) is 24.6. The Labute approximate surface area is 205 Å². The van der Waals surface area contributed by atoms with Gasteiger partial charge in [-0.05, 0) is 70.7 Å². The predicted octanol–water partition coefficient (Wildman–Crippen LogP) is 6.30. The van der Waals surface area contributed by atoms with Crippen LogP contribution in [0.1, 0.15) is 78.5 Å². The number of aromatic nitrogens is 2. The van der Waals surface area contributed by atoms with Crippen molar-refractivity contribution in [2.75, 3.05) is 20.1 Å². The Hall–Kier alpha value is -2.14. The van der Waals surface area contributed by atoms with E-state index < -0.39 is 0 Å². The second-order valence-corrected chi connectivity index (χ2v) is 11.0. The van der Waals surface area contributed by atoms with Gasteiger partial charge in [0, 0.05) is 25.3 Å². The Bertz CT molecular complexity index is 990. The number of nitrogens with zero attached hydrogens (tertiary/aromatic N) is 2. The second-order valence-electron chi connectivity index (χ2n) is 11.0. The van der Waals surface area contributed by atoms with Crippen molar-refractivity contribution in [3.8, 4) is 0 Å². The monoisotopic (exact) mass is 465 g/mol. The molecule has 1 heterocycles. The summed E-state index contributed by atoms with van der Waals surface area (Å²) in [5.41, 5.74) is 5.00. The molecule has 0 aliphatic heterocycles. The molecule has 186 valence electrons. The average molecular weight is 466 g/mol. The van der Waals surface area contributed by atoms with E-state index in [4.69, 9.17) is 9.72 Å². The van der Waals surface area contributed by atoms with E-state index in [-0.39, 0.29) is 17.5 Å². The maximum absolute atomic E-state index is 12.8. The van der Waals surface area contributed by atoms with Gasteiger partial charge in [0.25, 0.3) is 0 Å². The van der Waals surface area contributed by atoms with Crippen LogP contribution in [0.4, 0.5) is 0 Å². The third kappa shape index (κ3) is 5.25. The number of carbonyl (C=O) groups excluding carboxylic acids is 1. The Morgan fingerprint density at radius 3 is 2.74 bits per heavy atom. The van der Waals surface area contributed by atoms with E-state index in [1.807, 2.05) is 26.0 Å². The zero-order chi connectivity index (χ0) is 24.3. The smallest absolute Gasteiger partial charge is 0.308 e. The number of aromatic amines is 1. The van der Waals surface area contributed by atoms with Crippen molar-refractivity contribution in [1.82, 2.24) is 14.9 Å². The summed E-state index contributed by atoms with van der Waals surface area (Å²) in [5, 5.41) is 0. The highest BCUT2D eigenvalue weighted by Crippen LogP contribution is 2.54. The van der Waals surface area contributed by atoms with E-state index in [0.717, 1.165) is 62.1 Å². The van der Waals surface area contributed by atoms with Crippen LogP contribution < -0.4 is 0 Å². The van der Waals surface area contributed by atoms with Crippen LogP contribution in [0.3, 0.4) is 0 Å². The largest absolute Gasteiger partial charge is 0.458 e. The van der Waals surface area contributed by atoms with Crippen LogP contribution in [-0.4, -0.2) is 46.6 Å². The molecule has 34 heavy (non-hydrogen) atoms. The number of ether oxygens (including phenoxy) is 1. The number of nitrogens with one attached hydrogen (secondary N) is 1. The van der Waals surface area contributed by atoms with Crippen molar-refractivity contribution in [1.29, 1.82) is 0 Å². The fourth-order valence-electron chi connectivity index (χ4n) is 6.31. The minimum Gasteiger partial charge on any atom is -0.458 e. The highest BCUT2D eigenvalue weighted by atomic mass is 16.6. The Morgan fingerprint density at radius 2 is 2.03 bits per heavy atom. The van der Waals surface area contributed by atoms with Gasteiger partial charge in [0.2, 0.25) is 0 Å². The third-order valence-corrected chi connectivity index (χ3v) is 8.16. The lowest BCUT2D eigenvalue weighted by molar-refractivity contribution is -0.178. The van der Waals surface area contributed by atoms with Crippen LogP contribution in [0.25, 0.3) is 11.0 Å². The number of carbonyl (C=O) groups is 1. The first-order valence-corrected chi connectivity index (χ1v) is 13.4. The molecule has 3 aliphatic carbocycles. The number of aryl methyl sites for hydroxylation is 1. The predicted molar refractivity (Wildman–Crippen MR) is 139 cm³/mol. The van der Waals surface area contributed by atoms with Gasteiger partial charge in [0.15, 0.2) is 0 Å². The van der Waals surface area contributed by atoms with E-state index >= 15 is 0 Å². The van der Waals surface area contributed by atoms with Gasteiger partial charge in [-0.2, -0.15) is 0 Å². The maximum Gasteiger partial charge on any atom is 0.308 e. The van der Waals surface area contributed by atoms with Crippen molar-refractivity contribution in [2.24, 2.45) is 17.8 Å². The molecule has 0 spiro atoms. The van der Waals surface area contributed by atoms with Gasteiger partial charge in [-0.1, -0.05) is 50.5 Å². The first-order chi connectivity index (χ1) is 16.3. The molecule has 1 aromatic heterocycles. The average Bonchev–Trinajstić information content (AvgIpc) is 3.23. The molecule has 0 amide bonds. The van der Waals surface area contributed by atoms with Crippen molar-refractivity contribution < 1.29 is 9.53 Å². The Balaban J connectivity index is 1.38. The van der Waals surface area contributed by atoms with Gasteiger partial charge in [-0.3, -0.25) is 4.79 Å². The lowest BCUT2D eigenvalue weighted by Crippen LogP contribution is -2.53. The molecule has 5 heteroatoms. The molecule has 3 aliphatic rings. The molecule has 0 saturated heterocycles. The number of H-pyrrole nitrogens is 1. The second kappa shape index (κ2) is 10.6. The quantitative estimate of drug-likeness (QED) is 0.312. The molecule has 1 aromatic carbocycles. The van der Waals surface area contributed by atoms with E-state index in [0.29, 0.717) is 11.8 Å². The summed E-state index contributed by atoms with van der Waals surface area (Å²) in [7, 11) is 2.20. The van der Waals surface area contributed by atoms with Gasteiger partial charge >= 0.3 is 5.97 Å². The minimum absolute atomic E-state index is 0.0371. The van der Waals surface area contributed by atoms with Crippen LogP contribution in [0, 0.1) is 17.8 Å². The Kier molecular flexibility index (Phi) is 7.81. The lowest BCUT2D eigenvalue weighted by Gasteiger charge is -2.53. The van der Waals surface area contributed by atoms with Gasteiger partial charge in [-0.15, -0.1) is 0 Å². The molecule has 1 saturated carbocycles. The third-order valence-electron chi connectivity index (χ3n) is 8.16. The molecular formula is C29H43N3O2. The van der Waals surface area contributed by atoms with Gasteiger partial charge in [0.05, 0.1) is 17.0 Å². The van der Waals surface area contributed by atoms with Crippen molar-refractivity contribution in [3.05, 3.63) is 41.2 Å². The first-order valence-electron chi connectivity index (χ1n) is 13.4. The summed E-state index contributed by atoms with van der Waals surface area (Å²) in [6.45, 7) is 10.4. The number of allylic oxidation sites excluding steroid dienone is 1. The highest BCUT2D eigenvalue weighted by Gasteiger charge is 2.52. The number of rotatable bonds is 11. The summed E-state index contributed by atoms with van der Waals surface area (Å²) >= 11 is 0. The van der Waals surface area contributed by atoms with Gasteiger partial charge in [0.1, 0.15) is 11.4 Å². The van der Waals surface area contributed by atoms with E-state index in [9.17, 15) is 4.79 Å². The van der Waals surface area contributed by atoms with Crippen molar-refractivity contribution in [3.63, 3.8) is 0 Å². The summed E-state index contributed by atoms with van der Waals surface area (Å²) in [6.07, 6.45) is 8.74. The van der Waals surface area contributed by atoms with Crippen LogP contribution in [0.2, 0.25) is 0 Å². The number of para-hydroxylation sites is 2. The number of hydrogen-bond acceptors (Lipinski definition) is 4. The fraction of sp³-hybridized carbons (Fsp3) is 0.655. The standard InChI is InChI=1S/C29H43N3O2/c1-6-10-23-21(4)24-15-14-22(23)19-29(24,34-28(33)20(2)3)16-18-32(5)17-9-13-27-30-25-11-7-8-12-26(25)31-27/h7-8,11-12,20,22,24H,6,9-10,13-19H2,1-5H3,(H,30,31)/t22-,24-,29+/m1/s1. The van der Waals surface area contributed by atoms with Gasteiger partial charge in [-0.25, -0.2) is 4.98 Å². The number of benzene rings is 1. The SMILES string of the molecule is CCCC1=C(C)[C@H]2CC[C@@H]1C[C@]2(CCN(C)CCCc1nc2ccccc2[nH]1)OC(=O)C(C)C. The topological polar surface area (TPSA) is 58.2 Å². The van der Waals surface area contributed by atoms with E-state index in [2.05, 4.69) is 42.9 Å². The van der Waals surface area contributed by atoms with Crippen LogP contribution in [-0.2, 0) is 16.0 Å². The minimum atomic E-state index is -0.335. The van der Waals surface area contributed by atoms with Crippen LogP contribution in [0.5, 0.6) is 0 Å². The molecule has 1 N–H and O–H groups in total. The summed E-state index contributed by atoms with van der Waals surface area (Å²) in [5.74, 6) is 1.91. The zero-order valence-electron chi connectivity index (χ0n) is 21.8. The Morgan fingerprint density at radius 1 is 1.24 bits per heavy atom. The molecular weight excluding hydrogens is 422 g/mol. The molecule has 2 bridgehead atoms. The molecule has 0 unspecified atom stereocenters. The highest BCUT2D eigenvalue weighted by molar-refractivity contribution is 5.74. The van der Waals surface area contributed by atoms with E-state index in [1.165, 1.54) is 24.8 Å².